The molecule has 2 aromatic heterocycles. The average Bonchev–Trinajstić information content (AvgIpc) is 2.84. The van der Waals surface area contributed by atoms with Crippen molar-refractivity contribution in [1.82, 2.24) is 20.2 Å². The number of rotatable bonds is 6. The zero-order chi connectivity index (χ0) is 15.5. The molecule has 2 N–H and O–H groups in total. The van der Waals surface area contributed by atoms with Crippen molar-refractivity contribution in [1.29, 1.82) is 0 Å². The van der Waals surface area contributed by atoms with E-state index in [0.717, 1.165) is 0 Å². The second-order valence-corrected chi connectivity index (χ2v) is 4.57. The number of alkyl halides is 3. The van der Waals surface area contributed by atoms with E-state index in [4.69, 9.17) is 0 Å². The van der Waals surface area contributed by atoms with Crippen molar-refractivity contribution in [3.63, 3.8) is 0 Å². The summed E-state index contributed by atoms with van der Waals surface area (Å²) in [7, 11) is 0. The summed E-state index contributed by atoms with van der Waals surface area (Å²) in [6, 6.07) is 0. The molecule has 0 amide bonds. The minimum atomic E-state index is -4.30. The molecule has 2 heterocycles. The SMILES string of the molecule is CCCN(CC(F)(F)F)c1nc(NCC)nc2[nH]ncc12. The monoisotopic (exact) mass is 302 g/mol. The zero-order valence-corrected chi connectivity index (χ0v) is 11.8. The third-order valence-corrected chi connectivity index (χ3v) is 2.79. The molecular formula is C12H17F3N6. The number of halogens is 3. The maximum atomic E-state index is 12.8. The summed E-state index contributed by atoms with van der Waals surface area (Å²) in [4.78, 5) is 9.59. The lowest BCUT2D eigenvalue weighted by Gasteiger charge is -2.25. The van der Waals surface area contributed by atoms with Gasteiger partial charge in [-0.3, -0.25) is 5.10 Å². The van der Waals surface area contributed by atoms with E-state index in [-0.39, 0.29) is 18.3 Å². The van der Waals surface area contributed by atoms with Crippen LogP contribution in [0.1, 0.15) is 20.3 Å². The topological polar surface area (TPSA) is 69.7 Å². The van der Waals surface area contributed by atoms with Crippen LogP contribution in [0, 0.1) is 0 Å². The van der Waals surface area contributed by atoms with Crippen LogP contribution in [0.25, 0.3) is 11.0 Å². The predicted octanol–water partition coefficient (Wildman–Crippen LogP) is 2.56. The summed E-state index contributed by atoms with van der Waals surface area (Å²) in [5.41, 5.74) is 0.416. The van der Waals surface area contributed by atoms with E-state index in [2.05, 4.69) is 25.5 Å². The molecule has 0 atom stereocenters. The predicted molar refractivity (Wildman–Crippen MR) is 74.4 cm³/mol. The largest absolute Gasteiger partial charge is 0.405 e. The van der Waals surface area contributed by atoms with Gasteiger partial charge in [-0.15, -0.1) is 0 Å². The Morgan fingerprint density at radius 3 is 2.67 bits per heavy atom. The Labute approximate surface area is 119 Å². The molecule has 116 valence electrons. The van der Waals surface area contributed by atoms with E-state index in [1.54, 1.807) is 0 Å². The van der Waals surface area contributed by atoms with Gasteiger partial charge in [0.15, 0.2) is 5.65 Å². The molecule has 0 spiro atoms. The fourth-order valence-corrected chi connectivity index (χ4v) is 2.04. The summed E-state index contributed by atoms with van der Waals surface area (Å²) in [6.07, 6.45) is -2.27. The first-order valence-electron chi connectivity index (χ1n) is 6.71. The van der Waals surface area contributed by atoms with E-state index in [1.165, 1.54) is 11.1 Å². The van der Waals surface area contributed by atoms with Crippen LogP contribution < -0.4 is 10.2 Å². The molecule has 0 radical (unpaired) electrons. The lowest BCUT2D eigenvalue weighted by molar-refractivity contribution is -0.119. The molecule has 0 aliphatic heterocycles. The van der Waals surface area contributed by atoms with Crippen LogP contribution in [-0.2, 0) is 0 Å². The second kappa shape index (κ2) is 6.15. The lowest BCUT2D eigenvalue weighted by Crippen LogP contribution is -2.35. The first-order chi connectivity index (χ1) is 9.94. The quantitative estimate of drug-likeness (QED) is 0.858. The van der Waals surface area contributed by atoms with Gasteiger partial charge in [0.1, 0.15) is 12.4 Å². The van der Waals surface area contributed by atoms with Gasteiger partial charge in [-0.25, -0.2) is 0 Å². The maximum Gasteiger partial charge on any atom is 0.405 e. The molecule has 2 aromatic rings. The number of fused-ring (bicyclic) bond motifs is 1. The molecule has 0 saturated heterocycles. The van der Waals surface area contributed by atoms with E-state index >= 15 is 0 Å². The highest BCUT2D eigenvalue weighted by Gasteiger charge is 2.32. The first kappa shape index (κ1) is 15.3. The zero-order valence-electron chi connectivity index (χ0n) is 11.8. The van der Waals surface area contributed by atoms with Crippen LogP contribution in [0.15, 0.2) is 6.20 Å². The molecule has 0 aliphatic rings. The van der Waals surface area contributed by atoms with Gasteiger partial charge in [-0.05, 0) is 13.3 Å². The summed E-state index contributed by atoms with van der Waals surface area (Å²) in [5, 5.41) is 9.90. The molecule has 9 heteroatoms. The Morgan fingerprint density at radius 1 is 1.29 bits per heavy atom. The second-order valence-electron chi connectivity index (χ2n) is 4.57. The van der Waals surface area contributed by atoms with Crippen molar-refractivity contribution in [3.8, 4) is 0 Å². The van der Waals surface area contributed by atoms with Gasteiger partial charge >= 0.3 is 6.18 Å². The molecule has 21 heavy (non-hydrogen) atoms. The number of nitrogens with zero attached hydrogens (tertiary/aromatic N) is 4. The number of H-pyrrole nitrogens is 1. The lowest BCUT2D eigenvalue weighted by atomic mass is 10.3. The van der Waals surface area contributed by atoms with Gasteiger partial charge in [-0.1, -0.05) is 6.92 Å². The van der Waals surface area contributed by atoms with Crippen molar-refractivity contribution in [3.05, 3.63) is 6.20 Å². The molecule has 2 rings (SSSR count). The van der Waals surface area contributed by atoms with E-state index < -0.39 is 12.7 Å². The van der Waals surface area contributed by atoms with Crippen molar-refractivity contribution in [2.75, 3.05) is 29.9 Å². The van der Waals surface area contributed by atoms with Gasteiger partial charge in [0, 0.05) is 13.1 Å². The third-order valence-electron chi connectivity index (χ3n) is 2.79. The molecule has 0 aliphatic carbocycles. The average molecular weight is 302 g/mol. The summed E-state index contributed by atoms with van der Waals surface area (Å²) in [5.74, 6) is 0.524. The number of hydrogen-bond donors (Lipinski definition) is 2. The van der Waals surface area contributed by atoms with Crippen LogP contribution in [0.2, 0.25) is 0 Å². The van der Waals surface area contributed by atoms with E-state index in [1.807, 2.05) is 13.8 Å². The van der Waals surface area contributed by atoms with Gasteiger partial charge in [0.2, 0.25) is 5.95 Å². The number of anilines is 2. The van der Waals surface area contributed by atoms with Crippen LogP contribution in [0.5, 0.6) is 0 Å². The number of nitrogens with one attached hydrogen (secondary N) is 2. The van der Waals surface area contributed by atoms with E-state index in [0.29, 0.717) is 24.0 Å². The Balaban J connectivity index is 2.46. The standard InChI is InChI=1S/C12H17F3N6/c1-3-5-21(7-12(13,14)15)10-8-6-17-20-9(8)18-11(19-10)16-4-2/h6H,3-5,7H2,1-2H3,(H2,16,17,18,19,20). The Hall–Kier alpha value is -2.06. The fraction of sp³-hybridized carbons (Fsp3) is 0.583. The molecular weight excluding hydrogens is 285 g/mol. The summed E-state index contributed by atoms with van der Waals surface area (Å²) < 4.78 is 38.3. The van der Waals surface area contributed by atoms with Crippen molar-refractivity contribution < 1.29 is 13.2 Å². The van der Waals surface area contributed by atoms with Crippen molar-refractivity contribution >= 4 is 22.8 Å². The number of aromatic amines is 1. The van der Waals surface area contributed by atoms with Gasteiger partial charge in [-0.2, -0.15) is 28.2 Å². The van der Waals surface area contributed by atoms with E-state index in [9.17, 15) is 13.2 Å². The molecule has 0 saturated carbocycles. The van der Waals surface area contributed by atoms with Crippen LogP contribution in [0.3, 0.4) is 0 Å². The van der Waals surface area contributed by atoms with Gasteiger partial charge in [0.25, 0.3) is 0 Å². The smallest absolute Gasteiger partial charge is 0.354 e. The molecule has 0 aromatic carbocycles. The molecule has 0 unspecified atom stereocenters. The highest BCUT2D eigenvalue weighted by atomic mass is 19.4. The Kier molecular flexibility index (Phi) is 4.49. The number of hydrogen-bond acceptors (Lipinski definition) is 5. The normalized spacial score (nSPS) is 11.9. The highest BCUT2D eigenvalue weighted by molar-refractivity contribution is 5.87. The minimum Gasteiger partial charge on any atom is -0.354 e. The fourth-order valence-electron chi connectivity index (χ4n) is 2.04. The van der Waals surface area contributed by atoms with Gasteiger partial charge in [0.05, 0.1) is 11.6 Å². The maximum absolute atomic E-state index is 12.8. The molecule has 0 bridgehead atoms. The Morgan fingerprint density at radius 2 is 2.05 bits per heavy atom. The first-order valence-corrected chi connectivity index (χ1v) is 6.71. The van der Waals surface area contributed by atoms with Gasteiger partial charge < -0.3 is 10.2 Å². The molecule has 6 nitrogen and oxygen atoms in total. The van der Waals surface area contributed by atoms with Crippen molar-refractivity contribution in [2.24, 2.45) is 0 Å². The minimum absolute atomic E-state index is 0.240. The van der Waals surface area contributed by atoms with Crippen LogP contribution in [0.4, 0.5) is 24.9 Å². The third kappa shape index (κ3) is 3.73. The number of aromatic nitrogens is 4. The molecule has 0 fully saturated rings. The van der Waals surface area contributed by atoms with Crippen molar-refractivity contribution in [2.45, 2.75) is 26.4 Å². The van der Waals surface area contributed by atoms with Crippen LogP contribution in [-0.4, -0.2) is 46.0 Å². The van der Waals surface area contributed by atoms with Crippen LogP contribution >= 0.6 is 0 Å². The highest BCUT2D eigenvalue weighted by Crippen LogP contribution is 2.27. The Bertz CT molecular complexity index is 594. The summed E-state index contributed by atoms with van der Waals surface area (Å²) in [6.45, 7) is 3.46. The summed E-state index contributed by atoms with van der Waals surface area (Å²) >= 11 is 0.